The number of benzene rings is 4. The van der Waals surface area contributed by atoms with Crippen LogP contribution in [0, 0.1) is 0 Å². The van der Waals surface area contributed by atoms with Crippen molar-refractivity contribution in [3.63, 3.8) is 0 Å². The third-order valence-electron chi connectivity index (χ3n) is 6.62. The first-order chi connectivity index (χ1) is 17.3. The molecule has 1 aliphatic heterocycles. The summed E-state index contributed by atoms with van der Waals surface area (Å²) in [4.78, 5) is 0. The van der Waals surface area contributed by atoms with Gasteiger partial charge in [-0.3, -0.25) is 0 Å². The van der Waals surface area contributed by atoms with Crippen LogP contribution in [0.15, 0.2) is 97.1 Å². The monoisotopic (exact) mass is 467 g/mol. The number of hydrogen-bond donors (Lipinski definition) is 1. The van der Waals surface area contributed by atoms with Crippen molar-refractivity contribution in [3.05, 3.63) is 114 Å². The molecule has 0 aromatic heterocycles. The molecule has 0 amide bonds. The Morgan fingerprint density at radius 3 is 2.37 bits per heavy atom. The summed E-state index contributed by atoms with van der Waals surface area (Å²) in [6.07, 6.45) is 1.21. The van der Waals surface area contributed by atoms with Gasteiger partial charge in [0.25, 0.3) is 0 Å². The first-order valence-electron chi connectivity index (χ1n) is 12.5. The second-order valence-electron chi connectivity index (χ2n) is 9.09. The number of nitrogens with one attached hydrogen (secondary N) is 1. The van der Waals surface area contributed by atoms with Crippen molar-refractivity contribution in [1.29, 1.82) is 0 Å². The van der Waals surface area contributed by atoms with Gasteiger partial charge < -0.3 is 19.5 Å². The lowest BCUT2D eigenvalue weighted by atomic mass is 9.87. The molecule has 4 heteroatoms. The maximum Gasteiger partial charge on any atom is 0.119 e. The number of hydrogen-bond acceptors (Lipinski definition) is 4. The Hall–Kier alpha value is -3.18. The van der Waals surface area contributed by atoms with Crippen LogP contribution in [-0.4, -0.2) is 32.4 Å². The molecule has 35 heavy (non-hydrogen) atoms. The molecule has 1 N–H and O–H groups in total. The Bertz CT molecular complexity index is 1190. The molecule has 0 radical (unpaired) electrons. The molecule has 4 aromatic carbocycles. The van der Waals surface area contributed by atoms with Crippen LogP contribution in [0.25, 0.3) is 10.8 Å². The molecule has 1 heterocycles. The second-order valence-corrected chi connectivity index (χ2v) is 9.09. The zero-order valence-electron chi connectivity index (χ0n) is 20.1. The predicted molar refractivity (Wildman–Crippen MR) is 141 cm³/mol. The highest BCUT2D eigenvalue weighted by molar-refractivity contribution is 5.82. The topological polar surface area (TPSA) is 39.7 Å². The molecule has 5 rings (SSSR count). The molecule has 4 nitrogen and oxygen atoms in total. The third kappa shape index (κ3) is 6.49. The zero-order valence-corrected chi connectivity index (χ0v) is 20.1. The SMILES string of the molecule is c1ccc(COCCOc2ccc(C3CCNCC3OCc3ccc4ccccc4c3)cc2)cc1. The van der Waals surface area contributed by atoms with Gasteiger partial charge in [0, 0.05) is 12.5 Å². The smallest absolute Gasteiger partial charge is 0.119 e. The molecule has 0 aliphatic carbocycles. The average molecular weight is 468 g/mol. The van der Waals surface area contributed by atoms with Gasteiger partial charge >= 0.3 is 0 Å². The Kier molecular flexibility index (Phi) is 8.07. The summed E-state index contributed by atoms with van der Waals surface area (Å²) in [5, 5.41) is 6.02. The Morgan fingerprint density at radius 2 is 1.51 bits per heavy atom. The lowest BCUT2D eigenvalue weighted by molar-refractivity contribution is 0.0106. The summed E-state index contributed by atoms with van der Waals surface area (Å²) in [5.41, 5.74) is 3.70. The molecule has 1 fully saturated rings. The first kappa shape index (κ1) is 23.6. The van der Waals surface area contributed by atoms with Crippen molar-refractivity contribution in [2.75, 3.05) is 26.3 Å². The van der Waals surface area contributed by atoms with E-state index in [1.165, 1.54) is 27.5 Å². The summed E-state index contributed by atoms with van der Waals surface area (Å²) >= 11 is 0. The van der Waals surface area contributed by atoms with Crippen LogP contribution >= 0.6 is 0 Å². The fraction of sp³-hybridized carbons (Fsp3) is 0.290. The van der Waals surface area contributed by atoms with Crippen LogP contribution in [0.4, 0.5) is 0 Å². The van der Waals surface area contributed by atoms with E-state index in [9.17, 15) is 0 Å². The third-order valence-corrected chi connectivity index (χ3v) is 6.62. The van der Waals surface area contributed by atoms with Crippen molar-refractivity contribution in [1.82, 2.24) is 5.32 Å². The molecule has 0 bridgehead atoms. The van der Waals surface area contributed by atoms with Crippen molar-refractivity contribution < 1.29 is 14.2 Å². The largest absolute Gasteiger partial charge is 0.491 e. The van der Waals surface area contributed by atoms with Gasteiger partial charge in [-0.25, -0.2) is 0 Å². The van der Waals surface area contributed by atoms with Crippen molar-refractivity contribution in [3.8, 4) is 5.75 Å². The van der Waals surface area contributed by atoms with Crippen molar-refractivity contribution >= 4 is 10.8 Å². The Labute approximate surface area is 207 Å². The van der Waals surface area contributed by atoms with E-state index in [1.54, 1.807) is 0 Å². The van der Waals surface area contributed by atoms with Gasteiger partial charge in [0.05, 0.1) is 25.9 Å². The van der Waals surface area contributed by atoms with Gasteiger partial charge in [0.1, 0.15) is 12.4 Å². The summed E-state index contributed by atoms with van der Waals surface area (Å²) in [6.45, 7) is 4.22. The van der Waals surface area contributed by atoms with E-state index >= 15 is 0 Å². The van der Waals surface area contributed by atoms with E-state index in [0.717, 1.165) is 25.3 Å². The standard InChI is InChI=1S/C31H33NO3/c1-2-6-24(7-3-1)22-33-18-19-34-29-14-12-27(13-15-29)30-16-17-32-21-31(30)35-23-25-10-11-26-8-4-5-9-28(26)20-25/h1-15,20,30-32H,16-19,21-23H2. The highest BCUT2D eigenvalue weighted by Gasteiger charge is 2.27. The van der Waals surface area contributed by atoms with Gasteiger partial charge in [0.2, 0.25) is 0 Å². The summed E-state index contributed by atoms with van der Waals surface area (Å²) in [6, 6.07) is 33.7. The van der Waals surface area contributed by atoms with E-state index in [-0.39, 0.29) is 6.10 Å². The van der Waals surface area contributed by atoms with E-state index in [0.29, 0.717) is 32.3 Å². The van der Waals surface area contributed by atoms with E-state index < -0.39 is 0 Å². The van der Waals surface area contributed by atoms with Crippen LogP contribution in [0.2, 0.25) is 0 Å². The maximum atomic E-state index is 6.43. The first-order valence-corrected chi connectivity index (χ1v) is 12.5. The van der Waals surface area contributed by atoms with Crippen molar-refractivity contribution in [2.45, 2.75) is 31.7 Å². The van der Waals surface area contributed by atoms with Gasteiger partial charge in [-0.1, -0.05) is 78.9 Å². The van der Waals surface area contributed by atoms with Crippen LogP contribution in [-0.2, 0) is 22.7 Å². The van der Waals surface area contributed by atoms with Gasteiger partial charge in [-0.2, -0.15) is 0 Å². The van der Waals surface area contributed by atoms with Gasteiger partial charge in [0.15, 0.2) is 0 Å². The Balaban J connectivity index is 1.12. The molecule has 1 aliphatic rings. The quantitative estimate of drug-likeness (QED) is 0.286. The number of ether oxygens (including phenoxy) is 3. The molecular weight excluding hydrogens is 434 g/mol. The van der Waals surface area contributed by atoms with Gasteiger partial charge in [-0.05, 0) is 58.6 Å². The Morgan fingerprint density at radius 1 is 0.714 bits per heavy atom. The molecule has 0 spiro atoms. The second kappa shape index (κ2) is 12.0. The van der Waals surface area contributed by atoms with Crippen LogP contribution in [0.5, 0.6) is 5.75 Å². The minimum absolute atomic E-state index is 0.147. The van der Waals surface area contributed by atoms with Crippen LogP contribution in [0.1, 0.15) is 29.0 Å². The average Bonchev–Trinajstić information content (AvgIpc) is 2.93. The molecule has 2 unspecified atom stereocenters. The summed E-state index contributed by atoms with van der Waals surface area (Å²) in [5.74, 6) is 1.25. The molecule has 0 saturated carbocycles. The molecule has 4 aromatic rings. The lowest BCUT2D eigenvalue weighted by Crippen LogP contribution is -2.40. The number of piperidine rings is 1. The molecular formula is C31H33NO3. The molecule has 180 valence electrons. The number of rotatable bonds is 10. The minimum atomic E-state index is 0.147. The molecule has 1 saturated heterocycles. The zero-order chi connectivity index (χ0) is 23.7. The van der Waals surface area contributed by atoms with E-state index in [1.807, 2.05) is 18.2 Å². The minimum Gasteiger partial charge on any atom is -0.491 e. The summed E-state index contributed by atoms with van der Waals surface area (Å²) in [7, 11) is 0. The van der Waals surface area contributed by atoms with Crippen LogP contribution < -0.4 is 10.1 Å². The van der Waals surface area contributed by atoms with Gasteiger partial charge in [-0.15, -0.1) is 0 Å². The fourth-order valence-corrected chi connectivity index (χ4v) is 4.71. The normalized spacial score (nSPS) is 17.9. The summed E-state index contributed by atoms with van der Waals surface area (Å²) < 4.78 is 18.0. The molecule has 2 atom stereocenters. The number of fused-ring (bicyclic) bond motifs is 1. The maximum absolute atomic E-state index is 6.43. The van der Waals surface area contributed by atoms with Crippen LogP contribution in [0.3, 0.4) is 0 Å². The van der Waals surface area contributed by atoms with E-state index in [4.69, 9.17) is 14.2 Å². The highest BCUT2D eigenvalue weighted by atomic mass is 16.5. The highest BCUT2D eigenvalue weighted by Crippen LogP contribution is 2.30. The van der Waals surface area contributed by atoms with E-state index in [2.05, 4.69) is 84.2 Å². The lowest BCUT2D eigenvalue weighted by Gasteiger charge is -2.32. The fourth-order valence-electron chi connectivity index (χ4n) is 4.71. The predicted octanol–water partition coefficient (Wildman–Crippen LogP) is 6.10. The van der Waals surface area contributed by atoms with Crippen molar-refractivity contribution in [2.24, 2.45) is 0 Å².